The highest BCUT2D eigenvalue weighted by Crippen LogP contribution is 2.29. The SMILES string of the molecule is OCC(O)CNc1cccc(F)c1N1CCOCC1. The fraction of sp³-hybridized carbons (Fsp3) is 0.538. The molecule has 0 bridgehead atoms. The maximum atomic E-state index is 14.0. The van der Waals surface area contributed by atoms with Crippen LogP contribution in [0.3, 0.4) is 0 Å². The van der Waals surface area contributed by atoms with Crippen LogP contribution in [0.5, 0.6) is 0 Å². The number of halogens is 1. The molecule has 106 valence electrons. The van der Waals surface area contributed by atoms with Crippen molar-refractivity contribution in [3.05, 3.63) is 24.0 Å². The molecule has 1 heterocycles. The second kappa shape index (κ2) is 6.70. The van der Waals surface area contributed by atoms with E-state index in [2.05, 4.69) is 5.32 Å². The number of nitrogens with one attached hydrogen (secondary N) is 1. The maximum absolute atomic E-state index is 14.0. The van der Waals surface area contributed by atoms with Crippen molar-refractivity contribution in [3.8, 4) is 0 Å². The third kappa shape index (κ3) is 3.56. The van der Waals surface area contributed by atoms with Gasteiger partial charge < -0.3 is 25.2 Å². The van der Waals surface area contributed by atoms with E-state index < -0.39 is 6.10 Å². The second-order valence-corrected chi connectivity index (χ2v) is 4.45. The van der Waals surface area contributed by atoms with E-state index in [9.17, 15) is 9.50 Å². The molecule has 6 heteroatoms. The minimum Gasteiger partial charge on any atom is -0.394 e. The van der Waals surface area contributed by atoms with Gasteiger partial charge in [0.05, 0.1) is 37.3 Å². The van der Waals surface area contributed by atoms with Crippen molar-refractivity contribution in [3.63, 3.8) is 0 Å². The third-order valence-corrected chi connectivity index (χ3v) is 3.05. The van der Waals surface area contributed by atoms with Gasteiger partial charge in [-0.05, 0) is 12.1 Å². The normalized spacial score (nSPS) is 17.3. The Labute approximate surface area is 111 Å². The number of benzene rings is 1. The second-order valence-electron chi connectivity index (χ2n) is 4.45. The van der Waals surface area contributed by atoms with Gasteiger partial charge in [0, 0.05) is 19.6 Å². The van der Waals surface area contributed by atoms with Crippen LogP contribution in [0.1, 0.15) is 0 Å². The molecule has 0 saturated carbocycles. The van der Waals surface area contributed by atoms with Gasteiger partial charge in [0.1, 0.15) is 5.82 Å². The highest BCUT2D eigenvalue weighted by atomic mass is 19.1. The van der Waals surface area contributed by atoms with Crippen LogP contribution in [0.25, 0.3) is 0 Å². The Morgan fingerprint density at radius 2 is 2.11 bits per heavy atom. The molecule has 1 aliphatic heterocycles. The number of aliphatic hydroxyl groups excluding tert-OH is 2. The van der Waals surface area contributed by atoms with Crippen molar-refractivity contribution in [1.82, 2.24) is 0 Å². The third-order valence-electron chi connectivity index (χ3n) is 3.05. The molecule has 19 heavy (non-hydrogen) atoms. The van der Waals surface area contributed by atoms with Crippen LogP contribution in [0.4, 0.5) is 15.8 Å². The molecule has 0 spiro atoms. The zero-order chi connectivity index (χ0) is 13.7. The first-order valence-electron chi connectivity index (χ1n) is 6.36. The van der Waals surface area contributed by atoms with Gasteiger partial charge in [-0.1, -0.05) is 6.07 Å². The zero-order valence-electron chi connectivity index (χ0n) is 10.7. The number of rotatable bonds is 5. The molecule has 5 nitrogen and oxygen atoms in total. The fourth-order valence-electron chi connectivity index (χ4n) is 2.06. The minimum absolute atomic E-state index is 0.178. The summed E-state index contributed by atoms with van der Waals surface area (Å²) in [5.41, 5.74) is 1.12. The highest BCUT2D eigenvalue weighted by molar-refractivity contribution is 5.71. The number of nitrogens with zero attached hydrogens (tertiary/aromatic N) is 1. The largest absolute Gasteiger partial charge is 0.394 e. The summed E-state index contributed by atoms with van der Waals surface area (Å²) in [6.07, 6.45) is -0.860. The zero-order valence-corrected chi connectivity index (χ0v) is 10.7. The van der Waals surface area contributed by atoms with Crippen molar-refractivity contribution >= 4 is 11.4 Å². The molecule has 0 aliphatic carbocycles. The van der Waals surface area contributed by atoms with E-state index in [-0.39, 0.29) is 19.0 Å². The number of morpholine rings is 1. The monoisotopic (exact) mass is 270 g/mol. The van der Waals surface area contributed by atoms with Gasteiger partial charge in [-0.2, -0.15) is 0 Å². The number of para-hydroxylation sites is 1. The van der Waals surface area contributed by atoms with Gasteiger partial charge >= 0.3 is 0 Å². The van der Waals surface area contributed by atoms with Crippen LogP contribution >= 0.6 is 0 Å². The van der Waals surface area contributed by atoms with E-state index in [4.69, 9.17) is 9.84 Å². The van der Waals surface area contributed by atoms with Crippen LogP contribution < -0.4 is 10.2 Å². The standard InChI is InChI=1S/C13H19FN2O3/c14-11-2-1-3-12(15-8-10(18)9-17)13(11)16-4-6-19-7-5-16/h1-3,10,15,17-18H,4-9H2. The Kier molecular flexibility index (Phi) is 4.95. The predicted molar refractivity (Wildman–Crippen MR) is 71.0 cm³/mol. The number of ether oxygens (including phenoxy) is 1. The molecule has 0 aromatic heterocycles. The molecule has 2 rings (SSSR count). The van der Waals surface area contributed by atoms with Crippen LogP contribution in [0, 0.1) is 5.82 Å². The molecule has 1 fully saturated rings. The molecule has 0 amide bonds. The van der Waals surface area contributed by atoms with Crippen LogP contribution in [-0.2, 0) is 4.74 Å². The van der Waals surface area contributed by atoms with E-state index in [0.29, 0.717) is 37.7 Å². The van der Waals surface area contributed by atoms with Crippen molar-refractivity contribution in [2.75, 3.05) is 49.7 Å². The van der Waals surface area contributed by atoms with Gasteiger partial charge in [0.15, 0.2) is 0 Å². The summed E-state index contributed by atoms with van der Waals surface area (Å²) >= 11 is 0. The summed E-state index contributed by atoms with van der Waals surface area (Å²) in [6.45, 7) is 2.28. The van der Waals surface area contributed by atoms with Gasteiger partial charge in [0.2, 0.25) is 0 Å². The van der Waals surface area contributed by atoms with E-state index in [1.165, 1.54) is 6.07 Å². The van der Waals surface area contributed by atoms with E-state index >= 15 is 0 Å². The highest BCUT2D eigenvalue weighted by Gasteiger charge is 2.18. The van der Waals surface area contributed by atoms with Crippen LogP contribution in [0.2, 0.25) is 0 Å². The number of hydrogen-bond donors (Lipinski definition) is 3. The Morgan fingerprint density at radius 3 is 2.79 bits per heavy atom. The average Bonchev–Trinajstić information content (AvgIpc) is 2.45. The fourth-order valence-corrected chi connectivity index (χ4v) is 2.06. The summed E-state index contributed by atoms with van der Waals surface area (Å²) in [7, 11) is 0. The first-order valence-corrected chi connectivity index (χ1v) is 6.36. The van der Waals surface area contributed by atoms with Gasteiger partial charge in [-0.25, -0.2) is 4.39 Å². The predicted octanol–water partition coefficient (Wildman–Crippen LogP) is 0.427. The molecule has 1 aromatic rings. The minimum atomic E-state index is -0.860. The molecular weight excluding hydrogens is 251 g/mol. The van der Waals surface area contributed by atoms with Crippen molar-refractivity contribution in [1.29, 1.82) is 0 Å². The number of anilines is 2. The Hall–Kier alpha value is -1.37. The molecule has 0 radical (unpaired) electrons. The summed E-state index contributed by atoms with van der Waals surface area (Å²) in [5.74, 6) is -0.301. The molecule has 1 aliphatic rings. The lowest BCUT2D eigenvalue weighted by atomic mass is 10.2. The lowest BCUT2D eigenvalue weighted by Gasteiger charge is -2.31. The van der Waals surface area contributed by atoms with Crippen LogP contribution in [-0.4, -0.2) is 55.8 Å². The average molecular weight is 270 g/mol. The van der Waals surface area contributed by atoms with Gasteiger partial charge in [0.25, 0.3) is 0 Å². The Bertz CT molecular complexity index is 411. The molecule has 3 N–H and O–H groups in total. The Morgan fingerprint density at radius 1 is 1.37 bits per heavy atom. The number of aliphatic hydroxyl groups is 2. The maximum Gasteiger partial charge on any atom is 0.148 e. The smallest absolute Gasteiger partial charge is 0.148 e. The molecule has 1 aromatic carbocycles. The number of hydrogen-bond acceptors (Lipinski definition) is 5. The summed E-state index contributed by atoms with van der Waals surface area (Å²) in [4.78, 5) is 1.92. The van der Waals surface area contributed by atoms with E-state index in [0.717, 1.165) is 0 Å². The topological polar surface area (TPSA) is 65.0 Å². The molecule has 1 saturated heterocycles. The molecule has 1 atom stereocenters. The lowest BCUT2D eigenvalue weighted by Crippen LogP contribution is -2.37. The van der Waals surface area contributed by atoms with Gasteiger partial charge in [-0.3, -0.25) is 0 Å². The lowest BCUT2D eigenvalue weighted by molar-refractivity contribution is 0.105. The first-order chi connectivity index (χ1) is 9.22. The van der Waals surface area contributed by atoms with Crippen molar-refractivity contribution < 1.29 is 19.3 Å². The quantitative estimate of drug-likeness (QED) is 0.724. The van der Waals surface area contributed by atoms with E-state index in [1.54, 1.807) is 12.1 Å². The first kappa shape index (κ1) is 14.0. The summed E-state index contributed by atoms with van der Waals surface area (Å²) < 4.78 is 19.3. The molecular formula is C13H19FN2O3. The molecule has 1 unspecified atom stereocenters. The summed E-state index contributed by atoms with van der Waals surface area (Å²) in [6, 6.07) is 4.79. The van der Waals surface area contributed by atoms with E-state index in [1.807, 2.05) is 4.90 Å². The van der Waals surface area contributed by atoms with Gasteiger partial charge in [-0.15, -0.1) is 0 Å². The van der Waals surface area contributed by atoms with Crippen molar-refractivity contribution in [2.24, 2.45) is 0 Å². The van der Waals surface area contributed by atoms with Crippen molar-refractivity contribution in [2.45, 2.75) is 6.10 Å². The Balaban J connectivity index is 2.15. The summed E-state index contributed by atoms with van der Waals surface area (Å²) in [5, 5.41) is 21.1. The van der Waals surface area contributed by atoms with Crippen LogP contribution in [0.15, 0.2) is 18.2 Å².